The molecule has 0 aromatic heterocycles. The fourth-order valence-electron chi connectivity index (χ4n) is 1.45. The Balaban J connectivity index is 3.22. The second kappa shape index (κ2) is 6.32. The predicted molar refractivity (Wildman–Crippen MR) is 69.9 cm³/mol. The molecule has 5 N–H and O–H groups in total. The summed E-state index contributed by atoms with van der Waals surface area (Å²) in [5.74, 6) is -2.75. The Kier molecular flexibility index (Phi) is 4.79. The van der Waals surface area contributed by atoms with Crippen LogP contribution >= 0.6 is 0 Å². The lowest BCUT2D eigenvalue weighted by Crippen LogP contribution is -2.25. The number of benzene rings is 1. The third kappa shape index (κ3) is 3.55. The van der Waals surface area contributed by atoms with Crippen molar-refractivity contribution in [1.82, 2.24) is 0 Å². The Bertz CT molecular complexity index is 582. The smallest absolute Gasteiger partial charge is 0.337 e. The van der Waals surface area contributed by atoms with Gasteiger partial charge in [-0.1, -0.05) is 0 Å². The number of carbonyl (C=O) groups excluding carboxylic acids is 2. The van der Waals surface area contributed by atoms with Crippen LogP contribution in [0.5, 0.6) is 0 Å². The first kappa shape index (κ1) is 15.2. The number of nitrogens with one attached hydrogen (secondary N) is 2. The van der Waals surface area contributed by atoms with E-state index >= 15 is 0 Å². The van der Waals surface area contributed by atoms with E-state index in [4.69, 9.17) is 16.2 Å². The van der Waals surface area contributed by atoms with Crippen LogP contribution in [0.2, 0.25) is 0 Å². The van der Waals surface area contributed by atoms with Crippen molar-refractivity contribution < 1.29 is 24.2 Å². The standard InChI is InChI=1S/C12H13N3O5/c1-20-12(19)6-2-3-8(15-5-9(16)17)7(4-6)10(13)11(14)18/h2-4,13,15H,5H2,1H3,(H2,14,18)(H,16,17). The SMILES string of the molecule is COC(=O)c1ccc(NCC(=O)O)c(C(=N)C(N)=O)c1. The predicted octanol–water partition coefficient (Wildman–Crippen LogP) is -0.177. The van der Waals surface area contributed by atoms with Crippen LogP contribution in [0.3, 0.4) is 0 Å². The molecule has 0 aliphatic heterocycles. The minimum Gasteiger partial charge on any atom is -0.480 e. The highest BCUT2D eigenvalue weighted by atomic mass is 16.5. The Morgan fingerprint density at radius 3 is 2.55 bits per heavy atom. The molecule has 1 amide bonds. The average Bonchev–Trinajstić information content (AvgIpc) is 2.43. The van der Waals surface area contributed by atoms with Gasteiger partial charge in [-0.2, -0.15) is 0 Å². The molecular formula is C12H13N3O5. The first-order chi connectivity index (χ1) is 9.36. The molecule has 0 saturated heterocycles. The Morgan fingerprint density at radius 2 is 2.05 bits per heavy atom. The summed E-state index contributed by atoms with van der Waals surface area (Å²) in [6, 6.07) is 4.00. The van der Waals surface area contributed by atoms with Crippen molar-refractivity contribution in [3.05, 3.63) is 29.3 Å². The molecule has 1 aromatic rings. The third-order valence-electron chi connectivity index (χ3n) is 2.39. The second-order valence-corrected chi connectivity index (χ2v) is 3.74. The summed E-state index contributed by atoms with van der Waals surface area (Å²) in [5.41, 5.74) is 4.85. The van der Waals surface area contributed by atoms with E-state index in [0.717, 1.165) is 0 Å². The monoisotopic (exact) mass is 279 g/mol. The average molecular weight is 279 g/mol. The zero-order valence-corrected chi connectivity index (χ0v) is 10.6. The van der Waals surface area contributed by atoms with Crippen molar-refractivity contribution in [3.8, 4) is 0 Å². The van der Waals surface area contributed by atoms with Crippen LogP contribution < -0.4 is 11.1 Å². The van der Waals surface area contributed by atoms with Gasteiger partial charge in [-0.3, -0.25) is 15.0 Å². The minimum atomic E-state index is -1.11. The van der Waals surface area contributed by atoms with E-state index in [1.54, 1.807) is 0 Å². The van der Waals surface area contributed by atoms with Gasteiger partial charge in [0, 0.05) is 11.3 Å². The van der Waals surface area contributed by atoms with Crippen molar-refractivity contribution in [2.24, 2.45) is 5.73 Å². The Hall–Kier alpha value is -2.90. The normalized spacial score (nSPS) is 9.65. The first-order valence-electron chi connectivity index (χ1n) is 5.43. The van der Waals surface area contributed by atoms with Crippen LogP contribution in [-0.4, -0.2) is 42.3 Å². The summed E-state index contributed by atoms with van der Waals surface area (Å²) >= 11 is 0. The molecule has 106 valence electrons. The van der Waals surface area contributed by atoms with Crippen LogP contribution in [0.4, 0.5) is 5.69 Å². The molecule has 0 bridgehead atoms. The molecule has 0 atom stereocenters. The van der Waals surface area contributed by atoms with E-state index in [9.17, 15) is 14.4 Å². The van der Waals surface area contributed by atoms with E-state index in [0.29, 0.717) is 0 Å². The lowest BCUT2D eigenvalue weighted by atomic mass is 10.0. The number of esters is 1. The van der Waals surface area contributed by atoms with Crippen LogP contribution in [-0.2, 0) is 14.3 Å². The fraction of sp³-hybridized carbons (Fsp3) is 0.167. The van der Waals surface area contributed by atoms with E-state index in [2.05, 4.69) is 10.1 Å². The molecule has 0 fully saturated rings. The molecule has 0 saturated carbocycles. The molecule has 0 aliphatic rings. The van der Waals surface area contributed by atoms with Gasteiger partial charge in [0.05, 0.1) is 12.7 Å². The van der Waals surface area contributed by atoms with Gasteiger partial charge in [0.2, 0.25) is 0 Å². The summed E-state index contributed by atoms with van der Waals surface area (Å²) in [4.78, 5) is 33.0. The fourth-order valence-corrected chi connectivity index (χ4v) is 1.45. The number of nitrogens with two attached hydrogens (primary N) is 1. The van der Waals surface area contributed by atoms with Gasteiger partial charge in [0.25, 0.3) is 5.91 Å². The van der Waals surface area contributed by atoms with Gasteiger partial charge < -0.3 is 20.9 Å². The van der Waals surface area contributed by atoms with Crippen LogP contribution in [0.1, 0.15) is 15.9 Å². The lowest BCUT2D eigenvalue weighted by molar-refractivity contribution is -0.134. The van der Waals surface area contributed by atoms with Crippen molar-refractivity contribution in [2.75, 3.05) is 19.0 Å². The van der Waals surface area contributed by atoms with E-state index < -0.39 is 30.1 Å². The molecular weight excluding hydrogens is 266 g/mol. The number of carbonyl (C=O) groups is 3. The van der Waals surface area contributed by atoms with Gasteiger partial charge in [0.15, 0.2) is 0 Å². The van der Waals surface area contributed by atoms with Gasteiger partial charge in [0.1, 0.15) is 12.3 Å². The summed E-state index contributed by atoms with van der Waals surface area (Å²) in [6.07, 6.45) is 0. The van der Waals surface area contributed by atoms with Crippen molar-refractivity contribution in [2.45, 2.75) is 0 Å². The lowest BCUT2D eigenvalue weighted by Gasteiger charge is -2.11. The van der Waals surface area contributed by atoms with Crippen LogP contribution in [0.25, 0.3) is 0 Å². The molecule has 0 aliphatic carbocycles. The number of carboxylic acids is 1. The third-order valence-corrected chi connectivity index (χ3v) is 2.39. The molecule has 8 nitrogen and oxygen atoms in total. The van der Waals surface area contributed by atoms with Crippen LogP contribution in [0.15, 0.2) is 18.2 Å². The van der Waals surface area contributed by atoms with Gasteiger partial charge in [-0.15, -0.1) is 0 Å². The van der Waals surface area contributed by atoms with Crippen molar-refractivity contribution in [1.29, 1.82) is 5.41 Å². The number of methoxy groups -OCH3 is 1. The maximum Gasteiger partial charge on any atom is 0.337 e. The highest BCUT2D eigenvalue weighted by Crippen LogP contribution is 2.19. The highest BCUT2D eigenvalue weighted by Gasteiger charge is 2.16. The summed E-state index contributed by atoms with van der Waals surface area (Å²) in [6.45, 7) is -0.406. The number of carboxylic acid groups (broad SMARTS) is 1. The summed E-state index contributed by atoms with van der Waals surface area (Å²) in [7, 11) is 1.19. The quantitative estimate of drug-likeness (QED) is 0.420. The highest BCUT2D eigenvalue weighted by molar-refractivity contribution is 6.44. The maximum absolute atomic E-state index is 11.4. The number of primary amides is 1. The topological polar surface area (TPSA) is 143 Å². The number of rotatable bonds is 6. The van der Waals surface area contributed by atoms with Crippen LogP contribution in [0, 0.1) is 5.41 Å². The van der Waals surface area contributed by atoms with E-state index in [-0.39, 0.29) is 16.8 Å². The molecule has 0 radical (unpaired) electrons. The zero-order chi connectivity index (χ0) is 15.3. The number of hydrogen-bond acceptors (Lipinski definition) is 6. The second-order valence-electron chi connectivity index (χ2n) is 3.74. The molecule has 1 aromatic carbocycles. The Labute approximate surface area is 114 Å². The molecule has 8 heteroatoms. The minimum absolute atomic E-state index is 0.0293. The first-order valence-corrected chi connectivity index (χ1v) is 5.43. The molecule has 20 heavy (non-hydrogen) atoms. The van der Waals surface area contributed by atoms with E-state index in [1.807, 2.05) is 0 Å². The Morgan fingerprint density at radius 1 is 1.40 bits per heavy atom. The summed E-state index contributed by atoms with van der Waals surface area (Å²) in [5, 5.41) is 18.7. The molecule has 0 spiro atoms. The van der Waals surface area contributed by atoms with Crippen molar-refractivity contribution >= 4 is 29.2 Å². The molecule has 0 heterocycles. The molecule has 0 unspecified atom stereocenters. The van der Waals surface area contributed by atoms with Crippen molar-refractivity contribution in [3.63, 3.8) is 0 Å². The molecule has 1 rings (SSSR count). The number of aliphatic carboxylic acids is 1. The van der Waals surface area contributed by atoms with Gasteiger partial charge in [-0.05, 0) is 18.2 Å². The number of anilines is 1. The number of ether oxygens (including phenoxy) is 1. The largest absolute Gasteiger partial charge is 0.480 e. The number of amides is 1. The van der Waals surface area contributed by atoms with Gasteiger partial charge in [-0.25, -0.2) is 4.79 Å². The van der Waals surface area contributed by atoms with Gasteiger partial charge >= 0.3 is 11.9 Å². The van der Waals surface area contributed by atoms with E-state index in [1.165, 1.54) is 25.3 Å². The maximum atomic E-state index is 11.4. The zero-order valence-electron chi connectivity index (χ0n) is 10.6. The number of hydrogen-bond donors (Lipinski definition) is 4. The summed E-state index contributed by atoms with van der Waals surface area (Å²) < 4.78 is 4.53.